The van der Waals surface area contributed by atoms with Gasteiger partial charge in [0.15, 0.2) is 0 Å². The van der Waals surface area contributed by atoms with Crippen LogP contribution >= 0.6 is 0 Å². The number of rotatable bonds is 6. The van der Waals surface area contributed by atoms with Crippen LogP contribution in [0.5, 0.6) is 0 Å². The van der Waals surface area contributed by atoms with Gasteiger partial charge in [0.1, 0.15) is 0 Å². The molecule has 0 unspecified atom stereocenters. The van der Waals surface area contributed by atoms with E-state index in [1.54, 1.807) is 0 Å². The summed E-state index contributed by atoms with van der Waals surface area (Å²) in [7, 11) is 0. The van der Waals surface area contributed by atoms with Crippen molar-refractivity contribution in [1.82, 2.24) is 0 Å². The van der Waals surface area contributed by atoms with E-state index in [1.807, 2.05) is 0 Å². The third-order valence-corrected chi connectivity index (χ3v) is 4.52. The molecule has 0 aliphatic carbocycles. The lowest BCUT2D eigenvalue weighted by atomic mass is 9.87. The maximum Gasteiger partial charge on any atom is 0.0723 e. The third kappa shape index (κ3) is 3.81. The molecule has 0 aromatic heterocycles. The van der Waals surface area contributed by atoms with Crippen LogP contribution in [0.1, 0.15) is 16.7 Å². The zero-order chi connectivity index (χ0) is 17.6. The summed E-state index contributed by atoms with van der Waals surface area (Å²) in [5.74, 6) is 0. The van der Waals surface area contributed by atoms with Crippen molar-refractivity contribution in [3.8, 4) is 22.3 Å². The summed E-state index contributed by atoms with van der Waals surface area (Å²) >= 11 is 0. The monoisotopic (exact) mass is 331 g/mol. The van der Waals surface area contributed by atoms with E-state index >= 15 is 0 Å². The fraction of sp³-hybridized carbons (Fsp3) is 0.217. The fourth-order valence-electron chi connectivity index (χ4n) is 3.26. The Balaban J connectivity index is 2.20. The summed E-state index contributed by atoms with van der Waals surface area (Å²) in [4.78, 5) is 0. The normalized spacial score (nSPS) is 10.8. The quantitative estimate of drug-likeness (QED) is 0.637. The van der Waals surface area contributed by atoms with Gasteiger partial charge < -0.3 is 10.5 Å². The van der Waals surface area contributed by atoms with Crippen LogP contribution in [0.15, 0.2) is 66.7 Å². The first kappa shape index (κ1) is 17.4. The lowest BCUT2D eigenvalue weighted by Crippen LogP contribution is -2.08. The van der Waals surface area contributed by atoms with Crippen molar-refractivity contribution in [3.05, 3.63) is 83.4 Å². The van der Waals surface area contributed by atoms with E-state index in [9.17, 15) is 0 Å². The molecule has 2 heteroatoms. The summed E-state index contributed by atoms with van der Waals surface area (Å²) in [6.07, 6.45) is 0. The molecule has 25 heavy (non-hydrogen) atoms. The number of nitrogens with two attached hydrogens (primary N) is 1. The van der Waals surface area contributed by atoms with Crippen LogP contribution in [-0.4, -0.2) is 13.2 Å². The summed E-state index contributed by atoms with van der Waals surface area (Å²) in [5, 5.41) is 0. The first-order valence-corrected chi connectivity index (χ1v) is 8.74. The Morgan fingerprint density at radius 2 is 1.32 bits per heavy atom. The van der Waals surface area contributed by atoms with Crippen LogP contribution in [0, 0.1) is 13.8 Å². The molecular weight excluding hydrogens is 306 g/mol. The average molecular weight is 331 g/mol. The second-order valence-corrected chi connectivity index (χ2v) is 6.31. The molecule has 0 fully saturated rings. The Morgan fingerprint density at radius 3 is 1.96 bits per heavy atom. The third-order valence-electron chi connectivity index (χ3n) is 4.52. The molecule has 2 nitrogen and oxygen atoms in total. The lowest BCUT2D eigenvalue weighted by molar-refractivity contribution is 0.128. The molecule has 0 heterocycles. The van der Waals surface area contributed by atoms with Gasteiger partial charge in [0.2, 0.25) is 0 Å². The summed E-state index contributed by atoms with van der Waals surface area (Å²) < 4.78 is 5.77. The molecule has 0 aliphatic rings. The van der Waals surface area contributed by atoms with Crippen LogP contribution in [0.2, 0.25) is 0 Å². The highest BCUT2D eigenvalue weighted by atomic mass is 16.5. The zero-order valence-electron chi connectivity index (χ0n) is 15.0. The van der Waals surface area contributed by atoms with Crippen LogP contribution in [0.25, 0.3) is 22.3 Å². The second kappa shape index (κ2) is 8.11. The highest BCUT2D eigenvalue weighted by Gasteiger charge is 2.15. The van der Waals surface area contributed by atoms with E-state index in [0.717, 1.165) is 0 Å². The van der Waals surface area contributed by atoms with Gasteiger partial charge in [-0.2, -0.15) is 0 Å². The topological polar surface area (TPSA) is 35.2 Å². The average Bonchev–Trinajstić information content (AvgIpc) is 2.63. The van der Waals surface area contributed by atoms with E-state index in [0.29, 0.717) is 19.8 Å². The Hall–Kier alpha value is -2.42. The van der Waals surface area contributed by atoms with Crippen LogP contribution < -0.4 is 5.73 Å². The van der Waals surface area contributed by atoms with Crippen molar-refractivity contribution in [3.63, 3.8) is 0 Å². The molecule has 0 saturated heterocycles. The first-order chi connectivity index (χ1) is 12.2. The van der Waals surface area contributed by atoms with Gasteiger partial charge in [-0.3, -0.25) is 0 Å². The predicted octanol–water partition coefficient (Wildman–Crippen LogP) is 5.11. The molecular formula is C23H25NO. The van der Waals surface area contributed by atoms with Gasteiger partial charge in [0, 0.05) is 6.54 Å². The van der Waals surface area contributed by atoms with Crippen LogP contribution in [-0.2, 0) is 11.3 Å². The first-order valence-electron chi connectivity index (χ1n) is 8.74. The molecule has 0 spiro atoms. The largest absolute Gasteiger partial charge is 0.375 e. The van der Waals surface area contributed by atoms with Gasteiger partial charge in [0.05, 0.1) is 13.2 Å². The van der Waals surface area contributed by atoms with E-state index in [1.165, 1.54) is 38.9 Å². The van der Waals surface area contributed by atoms with Gasteiger partial charge in [-0.1, -0.05) is 66.7 Å². The predicted molar refractivity (Wildman–Crippen MR) is 105 cm³/mol. The van der Waals surface area contributed by atoms with Crippen LogP contribution in [0.3, 0.4) is 0 Å². The number of hydrogen-bond donors (Lipinski definition) is 1. The van der Waals surface area contributed by atoms with Gasteiger partial charge >= 0.3 is 0 Å². The van der Waals surface area contributed by atoms with Gasteiger partial charge in [0.25, 0.3) is 0 Å². The Kier molecular flexibility index (Phi) is 5.64. The number of ether oxygens (including phenoxy) is 1. The maximum atomic E-state index is 5.77. The summed E-state index contributed by atoms with van der Waals surface area (Å²) in [6.45, 7) is 6.00. The SMILES string of the molecule is Cc1ccccc1-c1cccc(COCCN)c1-c1ccccc1C. The molecule has 3 aromatic carbocycles. The van der Waals surface area contributed by atoms with E-state index in [-0.39, 0.29) is 0 Å². The van der Waals surface area contributed by atoms with Crippen molar-refractivity contribution in [2.45, 2.75) is 20.5 Å². The summed E-state index contributed by atoms with van der Waals surface area (Å²) in [6, 6.07) is 23.5. The van der Waals surface area contributed by atoms with Gasteiger partial charge in [-0.15, -0.1) is 0 Å². The number of aryl methyl sites for hydroxylation is 2. The Bertz CT molecular complexity index is 854. The molecule has 0 bridgehead atoms. The van der Waals surface area contributed by atoms with Crippen molar-refractivity contribution in [2.24, 2.45) is 5.73 Å². The molecule has 3 rings (SSSR count). The highest BCUT2D eigenvalue weighted by Crippen LogP contribution is 2.38. The van der Waals surface area contributed by atoms with Gasteiger partial charge in [-0.05, 0) is 52.8 Å². The Labute approximate surface area is 150 Å². The van der Waals surface area contributed by atoms with E-state index in [2.05, 4.69) is 80.6 Å². The standard InChI is InChI=1S/C23H25NO/c1-17-8-3-5-11-20(17)22-13-7-10-19(16-25-15-14-24)23(22)21-12-6-4-9-18(21)2/h3-13H,14-16,24H2,1-2H3. The maximum absolute atomic E-state index is 5.77. The molecule has 0 saturated carbocycles. The molecule has 0 aliphatic heterocycles. The number of hydrogen-bond acceptors (Lipinski definition) is 2. The highest BCUT2D eigenvalue weighted by molar-refractivity contribution is 5.88. The zero-order valence-corrected chi connectivity index (χ0v) is 15.0. The molecule has 0 amide bonds. The van der Waals surface area contributed by atoms with Gasteiger partial charge in [-0.25, -0.2) is 0 Å². The molecule has 3 aromatic rings. The van der Waals surface area contributed by atoms with Crippen molar-refractivity contribution in [1.29, 1.82) is 0 Å². The molecule has 128 valence electrons. The smallest absolute Gasteiger partial charge is 0.0723 e. The minimum Gasteiger partial charge on any atom is -0.375 e. The lowest BCUT2D eigenvalue weighted by Gasteiger charge is -2.18. The van der Waals surface area contributed by atoms with Crippen molar-refractivity contribution < 1.29 is 4.74 Å². The van der Waals surface area contributed by atoms with E-state index in [4.69, 9.17) is 10.5 Å². The minimum absolute atomic E-state index is 0.539. The minimum atomic E-state index is 0.539. The molecule has 2 N–H and O–H groups in total. The molecule has 0 atom stereocenters. The Morgan fingerprint density at radius 1 is 0.720 bits per heavy atom. The van der Waals surface area contributed by atoms with Crippen molar-refractivity contribution >= 4 is 0 Å². The number of benzene rings is 3. The second-order valence-electron chi connectivity index (χ2n) is 6.31. The fourth-order valence-corrected chi connectivity index (χ4v) is 3.26. The van der Waals surface area contributed by atoms with Crippen LogP contribution in [0.4, 0.5) is 0 Å². The molecule has 0 radical (unpaired) electrons. The summed E-state index contributed by atoms with van der Waals surface area (Å²) in [5.41, 5.74) is 14.4. The van der Waals surface area contributed by atoms with Crippen molar-refractivity contribution in [2.75, 3.05) is 13.2 Å². The van der Waals surface area contributed by atoms with E-state index < -0.39 is 0 Å².